The van der Waals surface area contributed by atoms with E-state index >= 15 is 0 Å². The summed E-state index contributed by atoms with van der Waals surface area (Å²) in [5.41, 5.74) is 7.87. The molecule has 1 fully saturated rings. The van der Waals surface area contributed by atoms with E-state index in [9.17, 15) is 9.59 Å². The molecule has 0 saturated heterocycles. The van der Waals surface area contributed by atoms with Crippen molar-refractivity contribution < 1.29 is 9.53 Å². The number of pyridine rings is 2. The molecule has 1 saturated carbocycles. The van der Waals surface area contributed by atoms with Crippen LogP contribution in [0.2, 0.25) is 0 Å². The molecule has 0 amide bonds. The second kappa shape index (κ2) is 7.10. The first kappa shape index (κ1) is 19.1. The first-order chi connectivity index (χ1) is 14.5. The van der Waals surface area contributed by atoms with Gasteiger partial charge in [-0.15, -0.1) is 0 Å². The van der Waals surface area contributed by atoms with Gasteiger partial charge in [-0.05, 0) is 91.1 Å². The van der Waals surface area contributed by atoms with E-state index in [2.05, 4.69) is 37.4 Å². The molecule has 1 atom stereocenters. The molecule has 1 unspecified atom stereocenters. The normalized spacial score (nSPS) is 17.9. The van der Waals surface area contributed by atoms with Crippen molar-refractivity contribution in [2.24, 2.45) is 0 Å². The summed E-state index contributed by atoms with van der Waals surface area (Å²) < 4.78 is 6.76. The van der Waals surface area contributed by atoms with E-state index in [1.165, 1.54) is 11.1 Å². The quantitative estimate of drug-likeness (QED) is 0.653. The Kier molecular flexibility index (Phi) is 4.51. The minimum atomic E-state index is -0.541. The monoisotopic (exact) mass is 402 g/mol. The van der Waals surface area contributed by atoms with Crippen molar-refractivity contribution in [3.05, 3.63) is 74.7 Å². The second-order valence-electron chi connectivity index (χ2n) is 8.40. The lowest BCUT2D eigenvalue weighted by Gasteiger charge is -2.16. The lowest BCUT2D eigenvalue weighted by atomic mass is 9.94. The zero-order valence-corrected chi connectivity index (χ0v) is 17.6. The van der Waals surface area contributed by atoms with Gasteiger partial charge in [0.25, 0.3) is 5.56 Å². The molecule has 1 N–H and O–H groups in total. The van der Waals surface area contributed by atoms with Crippen LogP contribution < -0.4 is 10.9 Å². The van der Waals surface area contributed by atoms with Crippen molar-refractivity contribution in [1.82, 2.24) is 9.72 Å². The smallest absolute Gasteiger partial charge is 0.343 e. The Morgan fingerprint density at radius 3 is 2.73 bits per heavy atom. The number of ether oxygens (including phenoxy) is 1. The van der Waals surface area contributed by atoms with Gasteiger partial charge in [-0.2, -0.15) is 0 Å². The summed E-state index contributed by atoms with van der Waals surface area (Å²) in [4.78, 5) is 25.5. The van der Waals surface area contributed by atoms with E-state index in [0.717, 1.165) is 47.2 Å². The number of carbonyl (C=O) groups is 1. The van der Waals surface area contributed by atoms with Crippen LogP contribution in [0.15, 0.2) is 41.3 Å². The average molecular weight is 402 g/mol. The Hall–Kier alpha value is -2.92. The number of fused-ring (bicyclic) bond motifs is 2. The highest BCUT2D eigenvalue weighted by molar-refractivity contribution is 5.91. The van der Waals surface area contributed by atoms with Crippen molar-refractivity contribution in [1.29, 1.82) is 0 Å². The van der Waals surface area contributed by atoms with Crippen LogP contribution in [0.5, 0.6) is 0 Å². The Bertz CT molecular complexity index is 1240. The summed E-state index contributed by atoms with van der Waals surface area (Å²) >= 11 is 0. The zero-order valence-electron chi connectivity index (χ0n) is 17.6. The van der Waals surface area contributed by atoms with Gasteiger partial charge in [0.1, 0.15) is 5.56 Å². The van der Waals surface area contributed by atoms with Gasteiger partial charge in [-0.1, -0.05) is 12.1 Å². The van der Waals surface area contributed by atoms with Gasteiger partial charge in [0.15, 0.2) is 0 Å². The first-order valence-electron chi connectivity index (χ1n) is 10.7. The minimum Gasteiger partial charge on any atom is -0.462 e. The predicted octanol–water partition coefficient (Wildman–Crippen LogP) is 4.49. The van der Waals surface area contributed by atoms with Crippen LogP contribution in [0.1, 0.15) is 71.3 Å². The van der Waals surface area contributed by atoms with Crippen LogP contribution in [0.3, 0.4) is 0 Å². The summed E-state index contributed by atoms with van der Waals surface area (Å²) in [6.45, 7) is 7.15. The molecule has 1 aliphatic heterocycles. The number of benzene rings is 1. The molecule has 3 aromatic rings. The largest absolute Gasteiger partial charge is 0.462 e. The number of carbonyl (C=O) groups excluding carboxylic acids is 1. The van der Waals surface area contributed by atoms with Gasteiger partial charge in [-0.25, -0.2) is 4.79 Å². The van der Waals surface area contributed by atoms with Crippen LogP contribution in [-0.2, 0) is 11.3 Å². The van der Waals surface area contributed by atoms with Gasteiger partial charge in [0.2, 0.25) is 0 Å². The Labute approximate surface area is 175 Å². The first-order valence-corrected chi connectivity index (χ1v) is 10.7. The molecular formula is C25H26N2O3. The summed E-state index contributed by atoms with van der Waals surface area (Å²) in [6, 6.07) is 10.8. The van der Waals surface area contributed by atoms with Crippen molar-refractivity contribution in [3.8, 4) is 11.1 Å². The fourth-order valence-corrected chi connectivity index (χ4v) is 4.69. The molecule has 154 valence electrons. The van der Waals surface area contributed by atoms with Gasteiger partial charge in [0, 0.05) is 18.8 Å². The number of hydrogen-bond donors (Lipinski definition) is 1. The zero-order chi connectivity index (χ0) is 21.0. The molecule has 0 spiro atoms. The molecule has 5 rings (SSSR count). The third kappa shape index (κ3) is 2.96. The van der Waals surface area contributed by atoms with E-state index < -0.39 is 5.97 Å². The highest BCUT2D eigenvalue weighted by Crippen LogP contribution is 2.43. The van der Waals surface area contributed by atoms with E-state index in [-0.39, 0.29) is 17.7 Å². The fourth-order valence-electron chi connectivity index (χ4n) is 4.69. The molecule has 2 aliphatic rings. The summed E-state index contributed by atoms with van der Waals surface area (Å²) in [5, 5.41) is 3.49. The highest BCUT2D eigenvalue weighted by atomic mass is 16.5. The van der Waals surface area contributed by atoms with Crippen LogP contribution in [0.4, 0.5) is 0 Å². The summed E-state index contributed by atoms with van der Waals surface area (Å²) in [5.74, 6) is -0.145. The van der Waals surface area contributed by atoms with Crippen LogP contribution in [0, 0.1) is 6.92 Å². The number of rotatable bonds is 4. The SMILES string of the molecule is CCOC(=O)c1cc(C2CC2)c2c(C)c(-c3ccc4c(c3)CNC4C)ccn2c1=O. The van der Waals surface area contributed by atoms with Crippen LogP contribution in [-0.4, -0.2) is 17.0 Å². The minimum absolute atomic E-state index is 0.126. The van der Waals surface area contributed by atoms with Crippen LogP contribution in [0.25, 0.3) is 16.6 Å². The van der Waals surface area contributed by atoms with Crippen molar-refractivity contribution in [3.63, 3.8) is 0 Å². The molecule has 5 nitrogen and oxygen atoms in total. The topological polar surface area (TPSA) is 59.8 Å². The highest BCUT2D eigenvalue weighted by Gasteiger charge is 2.30. The maximum absolute atomic E-state index is 13.1. The third-order valence-electron chi connectivity index (χ3n) is 6.44. The maximum atomic E-state index is 13.1. The van der Waals surface area contributed by atoms with Gasteiger partial charge < -0.3 is 10.1 Å². The Morgan fingerprint density at radius 2 is 2.00 bits per heavy atom. The van der Waals surface area contributed by atoms with E-state index in [1.807, 2.05) is 12.3 Å². The fraction of sp³-hybridized carbons (Fsp3) is 0.360. The van der Waals surface area contributed by atoms with Crippen molar-refractivity contribution >= 4 is 11.5 Å². The molecular weight excluding hydrogens is 376 g/mol. The number of nitrogens with zero attached hydrogens (tertiary/aromatic N) is 1. The number of nitrogens with one attached hydrogen (secondary N) is 1. The van der Waals surface area contributed by atoms with Gasteiger partial charge >= 0.3 is 5.97 Å². The molecule has 1 aliphatic carbocycles. The summed E-state index contributed by atoms with van der Waals surface area (Å²) in [7, 11) is 0. The molecule has 30 heavy (non-hydrogen) atoms. The standard InChI is InChI=1S/C25H26N2O3/c1-4-30-25(29)22-12-21(16-5-6-16)23-14(2)19(9-10-27(23)24(22)28)17-7-8-20-15(3)26-13-18(20)11-17/h7-12,15-16,26H,4-6,13H2,1-3H3. The maximum Gasteiger partial charge on any atom is 0.343 e. The molecule has 5 heteroatoms. The van der Waals surface area contributed by atoms with Gasteiger partial charge in [0.05, 0.1) is 12.1 Å². The molecule has 0 bridgehead atoms. The molecule has 2 aromatic heterocycles. The molecule has 1 aromatic carbocycles. The van der Waals surface area contributed by atoms with E-state index in [1.54, 1.807) is 17.4 Å². The average Bonchev–Trinajstić information content (AvgIpc) is 3.52. The lowest BCUT2D eigenvalue weighted by molar-refractivity contribution is 0.0524. The number of esters is 1. The van der Waals surface area contributed by atoms with Crippen LogP contribution >= 0.6 is 0 Å². The Morgan fingerprint density at radius 1 is 1.20 bits per heavy atom. The lowest BCUT2D eigenvalue weighted by Crippen LogP contribution is -2.25. The Balaban J connectivity index is 1.71. The number of aryl methyl sites for hydroxylation is 1. The predicted molar refractivity (Wildman–Crippen MR) is 117 cm³/mol. The van der Waals surface area contributed by atoms with Crippen molar-refractivity contribution in [2.45, 2.75) is 52.1 Å². The van der Waals surface area contributed by atoms with E-state index in [4.69, 9.17) is 4.74 Å². The number of hydrogen-bond acceptors (Lipinski definition) is 4. The molecule has 0 radical (unpaired) electrons. The van der Waals surface area contributed by atoms with E-state index in [0.29, 0.717) is 12.0 Å². The third-order valence-corrected chi connectivity index (χ3v) is 6.44. The van der Waals surface area contributed by atoms with Crippen molar-refractivity contribution in [2.75, 3.05) is 6.61 Å². The second-order valence-corrected chi connectivity index (χ2v) is 8.40. The van der Waals surface area contributed by atoms with Gasteiger partial charge in [-0.3, -0.25) is 9.20 Å². The summed E-state index contributed by atoms with van der Waals surface area (Å²) in [6.07, 6.45) is 3.98. The number of aromatic nitrogens is 1. The molecule has 3 heterocycles.